The van der Waals surface area contributed by atoms with E-state index in [4.69, 9.17) is 0 Å². The van der Waals surface area contributed by atoms with Crippen molar-refractivity contribution in [2.45, 2.75) is 95.9 Å². The SMILES string of the molecule is CN(C)C1CCCCCCCCCCCCCC1. The van der Waals surface area contributed by atoms with Crippen molar-refractivity contribution in [2.24, 2.45) is 0 Å². The van der Waals surface area contributed by atoms with Gasteiger partial charge in [0, 0.05) is 6.04 Å². The summed E-state index contributed by atoms with van der Waals surface area (Å²) in [5.41, 5.74) is 0. The molecule has 0 unspecified atom stereocenters. The van der Waals surface area contributed by atoms with Gasteiger partial charge in [0.15, 0.2) is 0 Å². The fourth-order valence-corrected chi connectivity index (χ4v) is 3.19. The molecule has 0 atom stereocenters. The zero-order valence-electron chi connectivity index (χ0n) is 12.9. The summed E-state index contributed by atoms with van der Waals surface area (Å²) in [6.45, 7) is 0. The summed E-state index contributed by atoms with van der Waals surface area (Å²) in [5.74, 6) is 0. The molecule has 1 saturated carbocycles. The molecule has 0 bridgehead atoms. The van der Waals surface area contributed by atoms with Crippen LogP contribution in [0.5, 0.6) is 0 Å². The number of hydrogen-bond donors (Lipinski definition) is 0. The van der Waals surface area contributed by atoms with E-state index in [0.717, 1.165) is 6.04 Å². The minimum Gasteiger partial charge on any atom is -0.306 e. The van der Waals surface area contributed by atoms with Crippen molar-refractivity contribution in [1.82, 2.24) is 4.90 Å². The van der Waals surface area contributed by atoms with E-state index in [2.05, 4.69) is 19.0 Å². The van der Waals surface area contributed by atoms with Gasteiger partial charge in [-0.1, -0.05) is 77.0 Å². The van der Waals surface area contributed by atoms with Gasteiger partial charge in [-0.25, -0.2) is 0 Å². The second-order valence-electron chi connectivity index (χ2n) is 6.44. The normalized spacial score (nSPS) is 23.5. The largest absolute Gasteiger partial charge is 0.306 e. The molecule has 1 heteroatoms. The third-order valence-corrected chi connectivity index (χ3v) is 4.55. The summed E-state index contributed by atoms with van der Waals surface area (Å²) in [7, 11) is 4.53. The monoisotopic (exact) mass is 253 g/mol. The van der Waals surface area contributed by atoms with Crippen molar-refractivity contribution in [3.8, 4) is 0 Å². The average molecular weight is 253 g/mol. The molecule has 0 spiro atoms. The number of hydrogen-bond acceptors (Lipinski definition) is 1. The lowest BCUT2D eigenvalue weighted by atomic mass is 10.00. The Hall–Kier alpha value is -0.0400. The van der Waals surface area contributed by atoms with Crippen molar-refractivity contribution in [3.63, 3.8) is 0 Å². The van der Waals surface area contributed by atoms with Crippen molar-refractivity contribution in [2.75, 3.05) is 14.1 Å². The minimum absolute atomic E-state index is 0.843. The molecule has 0 saturated heterocycles. The van der Waals surface area contributed by atoms with Crippen molar-refractivity contribution >= 4 is 0 Å². The van der Waals surface area contributed by atoms with Gasteiger partial charge in [0.25, 0.3) is 0 Å². The van der Waals surface area contributed by atoms with Crippen LogP contribution in [0.15, 0.2) is 0 Å². The standard InChI is InChI=1S/C17H35N/c1-18(2)17-15-13-11-9-7-5-3-4-6-8-10-12-14-16-17/h17H,3-16H2,1-2H3. The van der Waals surface area contributed by atoms with Crippen LogP contribution in [0.2, 0.25) is 0 Å². The van der Waals surface area contributed by atoms with Crippen LogP contribution in [0, 0.1) is 0 Å². The van der Waals surface area contributed by atoms with E-state index in [1.54, 1.807) is 0 Å². The van der Waals surface area contributed by atoms with Gasteiger partial charge in [-0.05, 0) is 26.9 Å². The minimum atomic E-state index is 0.843. The van der Waals surface area contributed by atoms with Gasteiger partial charge >= 0.3 is 0 Å². The van der Waals surface area contributed by atoms with Gasteiger partial charge in [0.05, 0.1) is 0 Å². The lowest BCUT2D eigenvalue weighted by Gasteiger charge is -2.24. The molecule has 0 aromatic heterocycles. The molecular weight excluding hydrogens is 218 g/mol. The first-order chi connectivity index (χ1) is 8.80. The van der Waals surface area contributed by atoms with E-state index >= 15 is 0 Å². The lowest BCUT2D eigenvalue weighted by Crippen LogP contribution is -2.27. The molecule has 1 rings (SSSR count). The third-order valence-electron chi connectivity index (χ3n) is 4.55. The Morgan fingerprint density at radius 3 is 1.06 bits per heavy atom. The molecule has 1 aliphatic rings. The van der Waals surface area contributed by atoms with Gasteiger partial charge in [-0.3, -0.25) is 0 Å². The highest BCUT2D eigenvalue weighted by molar-refractivity contribution is 4.67. The predicted molar refractivity (Wildman–Crippen MR) is 82.1 cm³/mol. The summed E-state index contributed by atoms with van der Waals surface area (Å²) in [5, 5.41) is 0. The van der Waals surface area contributed by atoms with E-state index in [9.17, 15) is 0 Å². The molecule has 1 aliphatic carbocycles. The molecule has 0 aromatic rings. The van der Waals surface area contributed by atoms with Gasteiger partial charge in [0.2, 0.25) is 0 Å². The van der Waals surface area contributed by atoms with Gasteiger partial charge in [0.1, 0.15) is 0 Å². The summed E-state index contributed by atoms with van der Waals surface area (Å²) in [6.07, 6.45) is 20.5. The van der Waals surface area contributed by atoms with Crippen LogP contribution in [0.1, 0.15) is 89.9 Å². The molecule has 0 heterocycles. The predicted octanol–water partition coefficient (Wildman–Crippen LogP) is 5.39. The van der Waals surface area contributed by atoms with Crippen LogP contribution in [0.4, 0.5) is 0 Å². The second-order valence-corrected chi connectivity index (χ2v) is 6.44. The Balaban J connectivity index is 2.24. The first-order valence-electron chi connectivity index (χ1n) is 8.47. The highest BCUT2D eigenvalue weighted by Crippen LogP contribution is 2.18. The zero-order valence-corrected chi connectivity index (χ0v) is 12.9. The highest BCUT2D eigenvalue weighted by atomic mass is 15.1. The number of rotatable bonds is 1. The van der Waals surface area contributed by atoms with Gasteiger partial charge < -0.3 is 4.90 Å². The van der Waals surface area contributed by atoms with Gasteiger partial charge in [-0.2, -0.15) is 0 Å². The van der Waals surface area contributed by atoms with Gasteiger partial charge in [-0.15, -0.1) is 0 Å². The Labute approximate surface area is 115 Å². The summed E-state index contributed by atoms with van der Waals surface area (Å²) < 4.78 is 0. The molecule has 1 nitrogen and oxygen atoms in total. The van der Waals surface area contributed by atoms with E-state index in [1.165, 1.54) is 89.9 Å². The summed E-state index contributed by atoms with van der Waals surface area (Å²) >= 11 is 0. The molecule has 108 valence electrons. The smallest absolute Gasteiger partial charge is 0.00891 e. The molecule has 0 radical (unpaired) electrons. The van der Waals surface area contributed by atoms with Crippen LogP contribution >= 0.6 is 0 Å². The van der Waals surface area contributed by atoms with E-state index in [1.807, 2.05) is 0 Å². The molecule has 0 amide bonds. The van der Waals surface area contributed by atoms with Crippen molar-refractivity contribution in [3.05, 3.63) is 0 Å². The maximum atomic E-state index is 2.46. The van der Waals surface area contributed by atoms with Crippen LogP contribution in [0.3, 0.4) is 0 Å². The van der Waals surface area contributed by atoms with Crippen LogP contribution < -0.4 is 0 Å². The molecule has 1 fully saturated rings. The maximum Gasteiger partial charge on any atom is 0.00891 e. The molecule has 18 heavy (non-hydrogen) atoms. The van der Waals surface area contributed by atoms with E-state index < -0.39 is 0 Å². The fraction of sp³-hybridized carbons (Fsp3) is 1.00. The Morgan fingerprint density at radius 1 is 0.500 bits per heavy atom. The second kappa shape index (κ2) is 10.8. The van der Waals surface area contributed by atoms with Crippen LogP contribution in [-0.4, -0.2) is 25.0 Å². The first kappa shape index (κ1) is 16.0. The van der Waals surface area contributed by atoms with Crippen molar-refractivity contribution in [1.29, 1.82) is 0 Å². The zero-order chi connectivity index (χ0) is 13.1. The number of nitrogens with zero attached hydrogens (tertiary/aromatic N) is 1. The summed E-state index contributed by atoms with van der Waals surface area (Å²) in [4.78, 5) is 2.46. The quantitative estimate of drug-likeness (QED) is 0.605. The summed E-state index contributed by atoms with van der Waals surface area (Å²) in [6, 6.07) is 0.843. The Kier molecular flexibility index (Phi) is 9.65. The maximum absolute atomic E-state index is 2.46. The van der Waals surface area contributed by atoms with Crippen LogP contribution in [0.25, 0.3) is 0 Å². The topological polar surface area (TPSA) is 3.24 Å². The Bertz CT molecular complexity index is 160. The first-order valence-corrected chi connectivity index (χ1v) is 8.47. The average Bonchev–Trinajstić information content (AvgIpc) is 2.36. The highest BCUT2D eigenvalue weighted by Gasteiger charge is 2.10. The molecule has 0 aromatic carbocycles. The van der Waals surface area contributed by atoms with E-state index in [0.29, 0.717) is 0 Å². The van der Waals surface area contributed by atoms with Crippen molar-refractivity contribution < 1.29 is 0 Å². The molecular formula is C17H35N. The molecule has 0 N–H and O–H groups in total. The lowest BCUT2D eigenvalue weighted by molar-refractivity contribution is 0.251. The fourth-order valence-electron chi connectivity index (χ4n) is 3.19. The molecule has 0 aliphatic heterocycles. The van der Waals surface area contributed by atoms with E-state index in [-0.39, 0.29) is 0 Å². The Morgan fingerprint density at radius 2 is 0.778 bits per heavy atom. The third kappa shape index (κ3) is 8.13. The van der Waals surface area contributed by atoms with Crippen LogP contribution in [-0.2, 0) is 0 Å².